The summed E-state index contributed by atoms with van der Waals surface area (Å²) in [7, 11) is 1.24. The maximum Gasteiger partial charge on any atom is 0.340 e. The number of carbonyl (C=O) groups is 1. The Kier molecular flexibility index (Phi) is 4.31. The fourth-order valence-electron chi connectivity index (χ4n) is 1.36. The number of rotatable bonds is 3. The van der Waals surface area contributed by atoms with Gasteiger partial charge in [0, 0.05) is 4.91 Å². The predicted octanol–water partition coefficient (Wildman–Crippen LogP) is 3.13. The number of azide groups is 1. The van der Waals surface area contributed by atoms with E-state index in [2.05, 4.69) is 14.8 Å². The molecule has 0 N–H and O–H groups in total. The minimum atomic E-state index is -0.649. The van der Waals surface area contributed by atoms with Crippen LogP contribution in [0.15, 0.2) is 29.0 Å². The molecule has 5 nitrogen and oxygen atoms in total. The lowest BCUT2D eigenvalue weighted by Crippen LogP contribution is -2.02. The fraction of sp³-hybridized carbons (Fsp3) is 0.250. The molecule has 0 spiro atoms. The van der Waals surface area contributed by atoms with Crippen molar-refractivity contribution in [3.05, 3.63) is 51.0 Å². The summed E-state index contributed by atoms with van der Waals surface area (Å²) in [6.07, 6.45) is 1.52. The van der Waals surface area contributed by atoms with Crippen molar-refractivity contribution in [2.24, 2.45) is 5.11 Å². The first-order chi connectivity index (χ1) is 8.10. The molecule has 0 heterocycles. The van der Waals surface area contributed by atoms with Gasteiger partial charge in [-0.1, -0.05) is 23.3 Å². The van der Waals surface area contributed by atoms with Crippen LogP contribution in [-0.4, -0.2) is 13.1 Å². The van der Waals surface area contributed by atoms with Crippen molar-refractivity contribution in [3.63, 3.8) is 0 Å². The Morgan fingerprint density at radius 2 is 2.18 bits per heavy atom. The molecule has 0 aliphatic carbocycles. The molecule has 0 aliphatic heterocycles. The highest BCUT2D eigenvalue weighted by molar-refractivity contribution is 5.93. The van der Waals surface area contributed by atoms with E-state index in [-0.39, 0.29) is 5.70 Å². The summed E-state index contributed by atoms with van der Waals surface area (Å²) in [5.41, 5.74) is 11.3. The van der Waals surface area contributed by atoms with Crippen LogP contribution in [0, 0.1) is 13.8 Å². The van der Waals surface area contributed by atoms with Crippen molar-refractivity contribution in [1.29, 1.82) is 0 Å². The first-order valence-electron chi connectivity index (χ1n) is 5.01. The first-order valence-corrected chi connectivity index (χ1v) is 5.01. The smallest absolute Gasteiger partial charge is 0.340 e. The molecular weight excluding hydrogens is 218 g/mol. The van der Waals surface area contributed by atoms with Crippen LogP contribution < -0.4 is 0 Å². The third-order valence-corrected chi connectivity index (χ3v) is 2.49. The number of nitrogens with zero attached hydrogens (tertiary/aromatic N) is 3. The molecule has 1 aromatic carbocycles. The molecule has 0 radical (unpaired) electrons. The van der Waals surface area contributed by atoms with Crippen LogP contribution in [0.4, 0.5) is 0 Å². The van der Waals surface area contributed by atoms with Crippen molar-refractivity contribution in [1.82, 2.24) is 0 Å². The lowest BCUT2D eigenvalue weighted by molar-refractivity contribution is -0.136. The summed E-state index contributed by atoms with van der Waals surface area (Å²) < 4.78 is 4.54. The van der Waals surface area contributed by atoms with E-state index in [1.165, 1.54) is 13.2 Å². The zero-order chi connectivity index (χ0) is 12.8. The van der Waals surface area contributed by atoms with Crippen LogP contribution in [0.5, 0.6) is 0 Å². The molecule has 0 aromatic heterocycles. The summed E-state index contributed by atoms with van der Waals surface area (Å²) in [5, 5.41) is 3.33. The third-order valence-electron chi connectivity index (χ3n) is 2.49. The number of benzene rings is 1. The van der Waals surface area contributed by atoms with E-state index < -0.39 is 5.97 Å². The molecule has 0 saturated carbocycles. The van der Waals surface area contributed by atoms with Gasteiger partial charge >= 0.3 is 5.97 Å². The van der Waals surface area contributed by atoms with Crippen LogP contribution in [0.2, 0.25) is 0 Å². The molecule has 0 amide bonds. The van der Waals surface area contributed by atoms with E-state index in [1.54, 1.807) is 0 Å². The molecule has 0 aliphatic rings. The highest BCUT2D eigenvalue weighted by Gasteiger charge is 2.08. The van der Waals surface area contributed by atoms with Gasteiger partial charge in [0.2, 0.25) is 0 Å². The molecule has 88 valence electrons. The van der Waals surface area contributed by atoms with Crippen LogP contribution in [-0.2, 0) is 9.53 Å². The first kappa shape index (κ1) is 12.8. The molecule has 0 saturated heterocycles. The quantitative estimate of drug-likeness (QED) is 0.263. The predicted molar refractivity (Wildman–Crippen MR) is 65.1 cm³/mol. The van der Waals surface area contributed by atoms with Crippen LogP contribution >= 0.6 is 0 Å². The molecule has 17 heavy (non-hydrogen) atoms. The summed E-state index contributed by atoms with van der Waals surface area (Å²) in [4.78, 5) is 14.0. The number of esters is 1. The maximum absolute atomic E-state index is 11.3. The number of methoxy groups -OCH3 is 1. The SMILES string of the molecule is COC(=O)C(=Cc1cccc(C)c1C)N=[N+]=[N-]. The Hall–Kier alpha value is -2.26. The monoisotopic (exact) mass is 231 g/mol. The number of hydrogen-bond acceptors (Lipinski definition) is 3. The largest absolute Gasteiger partial charge is 0.466 e. The van der Waals surface area contributed by atoms with E-state index in [0.717, 1.165) is 16.7 Å². The van der Waals surface area contributed by atoms with Gasteiger partial charge in [0.1, 0.15) is 5.70 Å². The van der Waals surface area contributed by atoms with Crippen LogP contribution in [0.1, 0.15) is 16.7 Å². The van der Waals surface area contributed by atoms with Gasteiger partial charge in [-0.15, -0.1) is 0 Å². The average molecular weight is 231 g/mol. The second kappa shape index (κ2) is 5.72. The van der Waals surface area contributed by atoms with Crippen molar-refractivity contribution in [2.75, 3.05) is 7.11 Å². The zero-order valence-corrected chi connectivity index (χ0v) is 9.97. The maximum atomic E-state index is 11.3. The Balaban J connectivity index is 3.26. The molecule has 0 unspecified atom stereocenters. The summed E-state index contributed by atoms with van der Waals surface area (Å²) in [6, 6.07) is 5.69. The molecule has 0 bridgehead atoms. The van der Waals surface area contributed by atoms with E-state index in [0.29, 0.717) is 0 Å². The number of carbonyl (C=O) groups excluding carboxylic acids is 1. The summed E-state index contributed by atoms with van der Waals surface area (Å²) >= 11 is 0. The van der Waals surface area contributed by atoms with Crippen LogP contribution in [0.3, 0.4) is 0 Å². The molecular formula is C12H13N3O2. The third kappa shape index (κ3) is 3.09. The van der Waals surface area contributed by atoms with E-state index >= 15 is 0 Å². The van der Waals surface area contributed by atoms with E-state index in [1.807, 2.05) is 32.0 Å². The normalized spacial score (nSPS) is 10.6. The highest BCUT2D eigenvalue weighted by Crippen LogP contribution is 2.17. The zero-order valence-electron chi connectivity index (χ0n) is 9.97. The molecule has 0 fully saturated rings. The summed E-state index contributed by atoms with van der Waals surface area (Å²) in [5.74, 6) is -0.649. The number of ether oxygens (including phenoxy) is 1. The molecule has 1 aromatic rings. The number of hydrogen-bond donors (Lipinski definition) is 0. The van der Waals surface area contributed by atoms with Crippen LogP contribution in [0.25, 0.3) is 16.5 Å². The van der Waals surface area contributed by atoms with Gasteiger partial charge < -0.3 is 4.74 Å². The fourth-order valence-corrected chi connectivity index (χ4v) is 1.36. The lowest BCUT2D eigenvalue weighted by Gasteiger charge is -2.05. The summed E-state index contributed by atoms with van der Waals surface area (Å²) in [6.45, 7) is 3.91. The number of aryl methyl sites for hydroxylation is 1. The molecule has 5 heteroatoms. The van der Waals surface area contributed by atoms with Crippen molar-refractivity contribution in [3.8, 4) is 0 Å². The van der Waals surface area contributed by atoms with Gasteiger partial charge in [0.05, 0.1) is 7.11 Å². The van der Waals surface area contributed by atoms with E-state index in [9.17, 15) is 4.79 Å². The lowest BCUT2D eigenvalue weighted by atomic mass is 10.0. The van der Waals surface area contributed by atoms with Gasteiger partial charge in [-0.3, -0.25) is 0 Å². The minimum Gasteiger partial charge on any atom is -0.466 e. The second-order valence-electron chi connectivity index (χ2n) is 3.50. The van der Waals surface area contributed by atoms with E-state index in [4.69, 9.17) is 5.53 Å². The molecule has 1 rings (SSSR count). The average Bonchev–Trinajstić information content (AvgIpc) is 2.33. The topological polar surface area (TPSA) is 75.1 Å². The standard InChI is InChI=1S/C12H13N3O2/c1-8-5-4-6-10(9(8)2)7-11(14-15-13)12(16)17-3/h4-7H,1-3H3. The van der Waals surface area contributed by atoms with Crippen molar-refractivity contribution in [2.45, 2.75) is 13.8 Å². The van der Waals surface area contributed by atoms with Gasteiger partial charge in [-0.2, -0.15) is 0 Å². The Morgan fingerprint density at radius 3 is 2.76 bits per heavy atom. The van der Waals surface area contributed by atoms with Gasteiger partial charge in [-0.25, -0.2) is 4.79 Å². The van der Waals surface area contributed by atoms with Gasteiger partial charge in [-0.05, 0) is 42.1 Å². The highest BCUT2D eigenvalue weighted by atomic mass is 16.5. The van der Waals surface area contributed by atoms with Crippen molar-refractivity contribution < 1.29 is 9.53 Å². The minimum absolute atomic E-state index is 0.0521. The van der Waals surface area contributed by atoms with Crippen molar-refractivity contribution >= 4 is 12.0 Å². The van der Waals surface area contributed by atoms with Gasteiger partial charge in [0.15, 0.2) is 0 Å². The Bertz CT molecular complexity index is 514. The molecule has 0 atom stereocenters. The Morgan fingerprint density at radius 1 is 1.47 bits per heavy atom. The van der Waals surface area contributed by atoms with Gasteiger partial charge in [0.25, 0.3) is 0 Å². The second-order valence-corrected chi connectivity index (χ2v) is 3.50. The Labute approximate surface area is 99.3 Å².